The molecule has 5 heteroatoms. The highest BCUT2D eigenvalue weighted by molar-refractivity contribution is 6.34. The quantitative estimate of drug-likeness (QED) is 0.507. The first kappa shape index (κ1) is 21.0. The Morgan fingerprint density at radius 2 is 2.03 bits per heavy atom. The number of halogens is 1. The van der Waals surface area contributed by atoms with Crippen molar-refractivity contribution >= 4 is 35.0 Å². The summed E-state index contributed by atoms with van der Waals surface area (Å²) in [4.78, 5) is 15.0. The molecule has 1 N–H and O–H groups in total. The molecule has 1 atom stereocenters. The van der Waals surface area contributed by atoms with Crippen molar-refractivity contribution in [1.29, 1.82) is 5.26 Å². The third kappa shape index (κ3) is 4.16. The zero-order valence-corrected chi connectivity index (χ0v) is 18.3. The third-order valence-electron chi connectivity index (χ3n) is 5.81. The van der Waals surface area contributed by atoms with Crippen LogP contribution in [-0.4, -0.2) is 18.5 Å². The van der Waals surface area contributed by atoms with Crippen LogP contribution in [0.1, 0.15) is 49.8 Å². The number of carbonyl (C=O) groups is 1. The van der Waals surface area contributed by atoms with Gasteiger partial charge in [0, 0.05) is 18.3 Å². The molecule has 150 valence electrons. The lowest BCUT2D eigenvalue weighted by Gasteiger charge is -2.45. The second-order valence-corrected chi connectivity index (χ2v) is 8.76. The lowest BCUT2D eigenvalue weighted by molar-refractivity contribution is -0.112. The molecule has 0 spiro atoms. The number of carbonyl (C=O) groups excluding carboxylic acids is 1. The van der Waals surface area contributed by atoms with Gasteiger partial charge >= 0.3 is 0 Å². The summed E-state index contributed by atoms with van der Waals surface area (Å²) < 4.78 is 0. The predicted octanol–water partition coefficient (Wildman–Crippen LogP) is 5.92. The van der Waals surface area contributed by atoms with Crippen LogP contribution < -0.4 is 10.2 Å². The van der Waals surface area contributed by atoms with Gasteiger partial charge in [0.15, 0.2) is 0 Å². The van der Waals surface area contributed by atoms with Crippen LogP contribution in [0.15, 0.2) is 42.0 Å². The van der Waals surface area contributed by atoms with Crippen LogP contribution in [0.25, 0.3) is 6.08 Å². The summed E-state index contributed by atoms with van der Waals surface area (Å²) >= 11 is 6.11. The highest BCUT2D eigenvalue weighted by Crippen LogP contribution is 2.43. The molecule has 0 aliphatic carbocycles. The van der Waals surface area contributed by atoms with E-state index in [4.69, 9.17) is 11.6 Å². The van der Waals surface area contributed by atoms with Gasteiger partial charge in [0.1, 0.15) is 11.6 Å². The van der Waals surface area contributed by atoms with Gasteiger partial charge in [-0.3, -0.25) is 4.79 Å². The minimum Gasteiger partial charge on any atom is -0.369 e. The molecule has 29 heavy (non-hydrogen) atoms. The number of nitrogens with one attached hydrogen (secondary N) is 1. The van der Waals surface area contributed by atoms with E-state index in [1.807, 2.05) is 13.0 Å². The van der Waals surface area contributed by atoms with Crippen molar-refractivity contribution in [3.05, 3.63) is 63.7 Å². The molecule has 1 heterocycles. The van der Waals surface area contributed by atoms with Crippen molar-refractivity contribution in [3.8, 4) is 6.07 Å². The van der Waals surface area contributed by atoms with Crippen LogP contribution >= 0.6 is 11.6 Å². The van der Waals surface area contributed by atoms with E-state index in [9.17, 15) is 10.1 Å². The highest BCUT2D eigenvalue weighted by Gasteiger charge is 2.34. The van der Waals surface area contributed by atoms with Gasteiger partial charge in [-0.15, -0.1) is 0 Å². The molecule has 0 saturated heterocycles. The van der Waals surface area contributed by atoms with Gasteiger partial charge in [0.05, 0.1) is 10.7 Å². The molecule has 1 aliphatic heterocycles. The lowest BCUT2D eigenvalue weighted by Crippen LogP contribution is -2.45. The Bertz CT molecular complexity index is 1030. The molecule has 2 aromatic carbocycles. The maximum atomic E-state index is 12.6. The Morgan fingerprint density at radius 3 is 2.69 bits per heavy atom. The van der Waals surface area contributed by atoms with Crippen molar-refractivity contribution in [2.75, 3.05) is 17.3 Å². The molecule has 4 nitrogen and oxygen atoms in total. The molecular formula is C24H26ClN3O. The number of aryl methyl sites for hydroxylation is 1. The normalized spacial score (nSPS) is 18.0. The van der Waals surface area contributed by atoms with Gasteiger partial charge in [-0.2, -0.15) is 5.26 Å². The number of para-hydroxylation sites is 1. The molecule has 1 aliphatic rings. The van der Waals surface area contributed by atoms with E-state index in [0.717, 1.165) is 17.5 Å². The monoisotopic (exact) mass is 407 g/mol. The van der Waals surface area contributed by atoms with Crippen molar-refractivity contribution in [2.24, 2.45) is 0 Å². The van der Waals surface area contributed by atoms with Crippen molar-refractivity contribution in [1.82, 2.24) is 0 Å². The second kappa shape index (κ2) is 7.93. The van der Waals surface area contributed by atoms with E-state index in [2.05, 4.69) is 50.2 Å². The fourth-order valence-corrected chi connectivity index (χ4v) is 4.13. The number of rotatable bonds is 3. The van der Waals surface area contributed by atoms with E-state index in [1.54, 1.807) is 30.3 Å². The number of nitrogens with zero attached hydrogens (tertiary/aromatic N) is 2. The van der Waals surface area contributed by atoms with Gasteiger partial charge < -0.3 is 10.2 Å². The zero-order chi connectivity index (χ0) is 21.3. The summed E-state index contributed by atoms with van der Waals surface area (Å²) in [6, 6.07) is 13.3. The topological polar surface area (TPSA) is 56.1 Å². The first-order chi connectivity index (χ1) is 13.6. The number of hydrogen-bond acceptors (Lipinski definition) is 3. The van der Waals surface area contributed by atoms with Gasteiger partial charge in [-0.25, -0.2) is 0 Å². The van der Waals surface area contributed by atoms with E-state index < -0.39 is 5.91 Å². The van der Waals surface area contributed by atoms with E-state index >= 15 is 0 Å². The van der Waals surface area contributed by atoms with Crippen LogP contribution in [0.5, 0.6) is 0 Å². The van der Waals surface area contributed by atoms with E-state index in [1.165, 1.54) is 11.3 Å². The Balaban J connectivity index is 1.97. The largest absolute Gasteiger partial charge is 0.369 e. The lowest BCUT2D eigenvalue weighted by atomic mass is 9.79. The average Bonchev–Trinajstić information content (AvgIpc) is 2.66. The molecule has 0 saturated carbocycles. The molecule has 3 rings (SSSR count). The molecule has 0 bridgehead atoms. The van der Waals surface area contributed by atoms with Crippen molar-refractivity contribution in [2.45, 2.75) is 45.6 Å². The standard InChI is InChI=1S/C24H26ClN3O/c1-15-10-22-19(16(2)13-24(3,4)28(22)5)12-17(15)11-18(14-26)23(29)27-21-9-7-6-8-20(21)25/h6-12,16H,13H2,1-5H3,(H,27,29)/b18-11-/t16-/m1/s1. The average molecular weight is 408 g/mol. The highest BCUT2D eigenvalue weighted by atomic mass is 35.5. The maximum Gasteiger partial charge on any atom is 0.266 e. The first-order valence-electron chi connectivity index (χ1n) is 9.70. The predicted molar refractivity (Wildman–Crippen MR) is 120 cm³/mol. The van der Waals surface area contributed by atoms with Crippen molar-refractivity contribution < 1.29 is 4.79 Å². The number of nitriles is 1. The summed E-state index contributed by atoms with van der Waals surface area (Å²) in [7, 11) is 2.12. The Morgan fingerprint density at radius 1 is 1.34 bits per heavy atom. The van der Waals surface area contributed by atoms with Gasteiger partial charge in [0.25, 0.3) is 5.91 Å². The van der Waals surface area contributed by atoms with E-state index in [-0.39, 0.29) is 11.1 Å². The van der Waals surface area contributed by atoms with Crippen LogP contribution in [-0.2, 0) is 4.79 Å². The smallest absolute Gasteiger partial charge is 0.266 e. The van der Waals surface area contributed by atoms with Crippen LogP contribution in [0.4, 0.5) is 11.4 Å². The minimum absolute atomic E-state index is 0.0464. The van der Waals surface area contributed by atoms with Crippen molar-refractivity contribution in [3.63, 3.8) is 0 Å². The summed E-state index contributed by atoms with van der Waals surface area (Å²) in [5, 5.41) is 12.7. The molecule has 0 unspecified atom stereocenters. The van der Waals surface area contributed by atoms with Gasteiger partial charge in [-0.1, -0.05) is 30.7 Å². The fourth-order valence-electron chi connectivity index (χ4n) is 3.95. The Hall–Kier alpha value is -2.77. The number of anilines is 2. The molecule has 0 radical (unpaired) electrons. The van der Waals surface area contributed by atoms with Crippen LogP contribution in [0, 0.1) is 18.3 Å². The zero-order valence-electron chi connectivity index (χ0n) is 17.5. The number of benzene rings is 2. The Kier molecular flexibility index (Phi) is 5.73. The summed E-state index contributed by atoms with van der Waals surface area (Å²) in [6.45, 7) is 8.74. The second-order valence-electron chi connectivity index (χ2n) is 8.35. The van der Waals surface area contributed by atoms with Gasteiger partial charge in [0.2, 0.25) is 0 Å². The molecule has 0 fully saturated rings. The van der Waals surface area contributed by atoms with Gasteiger partial charge in [-0.05, 0) is 80.1 Å². The SMILES string of the molecule is Cc1cc2c(cc1/C=C(/C#N)C(=O)Nc1ccccc1Cl)[C@H](C)CC(C)(C)N2C. The van der Waals surface area contributed by atoms with Crippen LogP contribution in [0.3, 0.4) is 0 Å². The first-order valence-corrected chi connectivity index (χ1v) is 10.1. The fraction of sp³-hybridized carbons (Fsp3) is 0.333. The Labute approximate surface area is 177 Å². The summed E-state index contributed by atoms with van der Waals surface area (Å²) in [5.74, 6) is -0.0736. The minimum atomic E-state index is -0.468. The third-order valence-corrected chi connectivity index (χ3v) is 6.14. The summed E-state index contributed by atoms with van der Waals surface area (Å²) in [6.07, 6.45) is 2.70. The molecule has 0 aromatic heterocycles. The number of amides is 1. The van der Waals surface area contributed by atoms with E-state index in [0.29, 0.717) is 16.6 Å². The maximum absolute atomic E-state index is 12.6. The summed E-state index contributed by atoms with van der Waals surface area (Å²) in [5.41, 5.74) is 4.98. The molecular weight excluding hydrogens is 382 g/mol. The number of hydrogen-bond donors (Lipinski definition) is 1. The molecule has 1 amide bonds. The number of fused-ring (bicyclic) bond motifs is 1. The molecule has 2 aromatic rings. The van der Waals surface area contributed by atoms with Crippen LogP contribution in [0.2, 0.25) is 5.02 Å².